The minimum absolute atomic E-state index is 0.326. The second-order valence-electron chi connectivity index (χ2n) is 5.04. The van der Waals surface area contributed by atoms with Crippen molar-refractivity contribution < 1.29 is 0 Å². The lowest BCUT2D eigenvalue weighted by Crippen LogP contribution is -2.54. The molecule has 0 bridgehead atoms. The first kappa shape index (κ1) is 13.2. The van der Waals surface area contributed by atoms with Crippen LogP contribution in [0, 0.1) is 11.3 Å². The van der Waals surface area contributed by atoms with Gasteiger partial charge in [0, 0.05) is 32.7 Å². The molecule has 0 N–H and O–H groups in total. The maximum absolute atomic E-state index is 9.08. The Bertz CT molecular complexity index is 280. The lowest BCUT2D eigenvalue weighted by Gasteiger charge is -2.40. The van der Waals surface area contributed by atoms with Crippen LogP contribution in [0.4, 0.5) is 0 Å². The fraction of sp³-hybridized carbons (Fsp3) is 0.769. The molecule has 0 aliphatic carbocycles. The van der Waals surface area contributed by atoms with Crippen molar-refractivity contribution in [3.63, 3.8) is 0 Å². The average molecular weight is 221 g/mol. The van der Waals surface area contributed by atoms with Crippen molar-refractivity contribution in [3.05, 3.63) is 12.2 Å². The van der Waals surface area contributed by atoms with Gasteiger partial charge in [0.15, 0.2) is 0 Å². The minimum atomic E-state index is -0.326. The Morgan fingerprint density at radius 1 is 1.31 bits per heavy atom. The largest absolute Gasteiger partial charge is 0.297 e. The monoisotopic (exact) mass is 221 g/mol. The first-order chi connectivity index (χ1) is 7.49. The fourth-order valence-corrected chi connectivity index (χ4v) is 1.96. The second kappa shape index (κ2) is 5.47. The van der Waals surface area contributed by atoms with Crippen LogP contribution in [-0.2, 0) is 0 Å². The zero-order valence-electron chi connectivity index (χ0n) is 10.8. The summed E-state index contributed by atoms with van der Waals surface area (Å²) >= 11 is 0. The predicted octanol–water partition coefficient (Wildman–Crippen LogP) is 1.87. The van der Waals surface area contributed by atoms with Gasteiger partial charge in [-0.25, -0.2) is 0 Å². The molecule has 16 heavy (non-hydrogen) atoms. The molecule has 1 rings (SSSR count). The smallest absolute Gasteiger partial charge is 0.103 e. The van der Waals surface area contributed by atoms with Crippen LogP contribution in [0.1, 0.15) is 27.2 Å². The quantitative estimate of drug-likeness (QED) is 0.679. The van der Waals surface area contributed by atoms with Gasteiger partial charge < -0.3 is 0 Å². The molecule has 0 amide bonds. The Morgan fingerprint density at radius 2 is 1.88 bits per heavy atom. The number of piperazine rings is 1. The Labute approximate surface area is 99.3 Å². The molecule has 1 fully saturated rings. The van der Waals surface area contributed by atoms with Crippen molar-refractivity contribution in [1.82, 2.24) is 9.80 Å². The molecule has 0 radical (unpaired) electrons. The van der Waals surface area contributed by atoms with E-state index >= 15 is 0 Å². The maximum Gasteiger partial charge on any atom is 0.103 e. The van der Waals surface area contributed by atoms with E-state index in [1.54, 1.807) is 0 Å². The van der Waals surface area contributed by atoms with Crippen LogP contribution in [0.2, 0.25) is 0 Å². The van der Waals surface area contributed by atoms with Crippen molar-refractivity contribution >= 4 is 0 Å². The van der Waals surface area contributed by atoms with Gasteiger partial charge in [0.1, 0.15) is 5.54 Å². The highest BCUT2D eigenvalue weighted by Gasteiger charge is 2.29. The topological polar surface area (TPSA) is 30.3 Å². The number of nitrogens with zero attached hydrogens (tertiary/aromatic N) is 3. The summed E-state index contributed by atoms with van der Waals surface area (Å²) in [6.45, 7) is 15.3. The molecule has 1 saturated heterocycles. The Morgan fingerprint density at radius 3 is 2.31 bits per heavy atom. The first-order valence-corrected chi connectivity index (χ1v) is 6.05. The summed E-state index contributed by atoms with van der Waals surface area (Å²) < 4.78 is 0. The fourth-order valence-electron chi connectivity index (χ4n) is 1.96. The zero-order valence-corrected chi connectivity index (χ0v) is 10.8. The molecule has 3 nitrogen and oxygen atoms in total. The highest BCUT2D eigenvalue weighted by atomic mass is 15.3. The molecule has 0 atom stereocenters. The number of hydrogen-bond donors (Lipinski definition) is 0. The molecular formula is C13H23N3. The normalized spacial score (nSPS) is 19.4. The number of hydrogen-bond acceptors (Lipinski definition) is 3. The molecule has 3 heteroatoms. The molecular weight excluding hydrogens is 198 g/mol. The van der Waals surface area contributed by atoms with E-state index in [2.05, 4.69) is 29.4 Å². The van der Waals surface area contributed by atoms with Gasteiger partial charge in [0.25, 0.3) is 0 Å². The predicted molar refractivity (Wildman–Crippen MR) is 67.1 cm³/mol. The summed E-state index contributed by atoms with van der Waals surface area (Å²) in [5, 5.41) is 9.08. The molecule has 0 aromatic rings. The van der Waals surface area contributed by atoms with E-state index in [1.165, 1.54) is 5.57 Å². The Hall–Kier alpha value is -0.850. The van der Waals surface area contributed by atoms with Crippen molar-refractivity contribution in [3.8, 4) is 6.07 Å². The van der Waals surface area contributed by atoms with Crippen LogP contribution in [0.25, 0.3) is 0 Å². The van der Waals surface area contributed by atoms with Crippen LogP contribution < -0.4 is 0 Å². The minimum Gasteiger partial charge on any atom is -0.297 e. The Balaban J connectivity index is 2.40. The second-order valence-corrected chi connectivity index (χ2v) is 5.04. The summed E-state index contributed by atoms with van der Waals surface area (Å²) in [5.41, 5.74) is 0.974. The molecule has 0 unspecified atom stereocenters. The molecule has 1 heterocycles. The molecule has 90 valence electrons. The number of nitriles is 1. The van der Waals surface area contributed by atoms with Crippen LogP contribution >= 0.6 is 0 Å². The van der Waals surface area contributed by atoms with Gasteiger partial charge in [-0.3, -0.25) is 9.80 Å². The molecule has 0 spiro atoms. The van der Waals surface area contributed by atoms with E-state index in [-0.39, 0.29) is 5.54 Å². The van der Waals surface area contributed by atoms with E-state index in [0.29, 0.717) is 0 Å². The van der Waals surface area contributed by atoms with E-state index in [9.17, 15) is 0 Å². The maximum atomic E-state index is 9.08. The van der Waals surface area contributed by atoms with E-state index in [1.807, 2.05) is 13.8 Å². The molecule has 0 saturated carbocycles. The lowest BCUT2D eigenvalue weighted by atomic mass is 10.0. The van der Waals surface area contributed by atoms with Gasteiger partial charge in [-0.1, -0.05) is 19.1 Å². The van der Waals surface area contributed by atoms with Crippen molar-refractivity contribution in [2.75, 3.05) is 32.7 Å². The molecule has 1 aliphatic rings. The summed E-state index contributed by atoms with van der Waals surface area (Å²) in [5.74, 6) is 0. The molecule has 1 aliphatic heterocycles. The summed E-state index contributed by atoms with van der Waals surface area (Å²) in [6.07, 6.45) is 1.06. The van der Waals surface area contributed by atoms with Gasteiger partial charge in [-0.05, 0) is 20.3 Å². The van der Waals surface area contributed by atoms with Gasteiger partial charge >= 0.3 is 0 Å². The Kier molecular flexibility index (Phi) is 4.52. The SMILES string of the molecule is C=C(CC)CN1CCN(C(C)(C)C#N)CC1. The van der Waals surface area contributed by atoms with Crippen LogP contribution in [0.3, 0.4) is 0 Å². The van der Waals surface area contributed by atoms with Crippen LogP contribution in [0.5, 0.6) is 0 Å². The van der Waals surface area contributed by atoms with Crippen molar-refractivity contribution in [2.45, 2.75) is 32.7 Å². The van der Waals surface area contributed by atoms with Gasteiger partial charge in [0.2, 0.25) is 0 Å². The van der Waals surface area contributed by atoms with Gasteiger partial charge in [-0.2, -0.15) is 5.26 Å². The summed E-state index contributed by atoms with van der Waals surface area (Å²) in [4.78, 5) is 4.69. The highest BCUT2D eigenvalue weighted by molar-refractivity contribution is 5.04. The van der Waals surface area contributed by atoms with Gasteiger partial charge in [-0.15, -0.1) is 0 Å². The third-order valence-corrected chi connectivity index (χ3v) is 3.38. The van der Waals surface area contributed by atoms with Gasteiger partial charge in [0.05, 0.1) is 6.07 Å². The van der Waals surface area contributed by atoms with E-state index in [0.717, 1.165) is 39.1 Å². The third kappa shape index (κ3) is 3.33. The zero-order chi connectivity index (χ0) is 12.2. The van der Waals surface area contributed by atoms with Crippen molar-refractivity contribution in [2.24, 2.45) is 0 Å². The van der Waals surface area contributed by atoms with Crippen LogP contribution in [-0.4, -0.2) is 48.1 Å². The summed E-state index contributed by atoms with van der Waals surface area (Å²) in [6, 6.07) is 2.37. The average Bonchev–Trinajstić information content (AvgIpc) is 2.29. The van der Waals surface area contributed by atoms with E-state index in [4.69, 9.17) is 5.26 Å². The standard InChI is InChI=1S/C13H23N3/c1-5-12(2)10-15-6-8-16(9-7-15)13(3,4)11-14/h2,5-10H2,1,3-4H3. The molecule has 0 aromatic carbocycles. The number of rotatable bonds is 4. The third-order valence-electron chi connectivity index (χ3n) is 3.38. The van der Waals surface area contributed by atoms with Crippen molar-refractivity contribution in [1.29, 1.82) is 5.26 Å². The van der Waals surface area contributed by atoms with E-state index < -0.39 is 0 Å². The van der Waals surface area contributed by atoms with Crippen LogP contribution in [0.15, 0.2) is 12.2 Å². The molecule has 0 aromatic heterocycles. The lowest BCUT2D eigenvalue weighted by molar-refractivity contribution is 0.0847. The first-order valence-electron chi connectivity index (χ1n) is 6.05. The summed E-state index contributed by atoms with van der Waals surface area (Å²) in [7, 11) is 0. The highest BCUT2D eigenvalue weighted by Crippen LogP contribution is 2.16.